The van der Waals surface area contributed by atoms with Crippen LogP contribution in [-0.2, 0) is 9.47 Å². The van der Waals surface area contributed by atoms with Crippen LogP contribution in [0.3, 0.4) is 0 Å². The quantitative estimate of drug-likeness (QED) is 0.809. The Morgan fingerprint density at radius 3 is 2.56 bits per heavy atom. The predicted octanol–water partition coefficient (Wildman–Crippen LogP) is 1.42. The minimum Gasteiger partial charge on any atom is -0.389 e. The molecule has 0 aromatic carbocycles. The van der Waals surface area contributed by atoms with Gasteiger partial charge in [0.2, 0.25) is 0 Å². The summed E-state index contributed by atoms with van der Waals surface area (Å²) in [6.45, 7) is 8.21. The highest BCUT2D eigenvalue weighted by atomic mass is 16.5. The molecule has 0 aliphatic carbocycles. The van der Waals surface area contributed by atoms with Crippen LogP contribution in [-0.4, -0.2) is 60.7 Å². The monoisotopic (exact) mass is 257 g/mol. The second-order valence-electron chi connectivity index (χ2n) is 6.26. The third-order valence-corrected chi connectivity index (χ3v) is 3.69. The van der Waals surface area contributed by atoms with Crippen LogP contribution in [0.15, 0.2) is 0 Å². The first-order chi connectivity index (χ1) is 8.53. The number of rotatable bonds is 5. The highest BCUT2D eigenvalue weighted by molar-refractivity contribution is 4.78. The zero-order chi connectivity index (χ0) is 13.0. The van der Waals surface area contributed by atoms with E-state index in [4.69, 9.17) is 9.47 Å². The summed E-state index contributed by atoms with van der Waals surface area (Å²) in [5, 5.41) is 9.79. The summed E-state index contributed by atoms with van der Waals surface area (Å²) in [7, 11) is 0. The first kappa shape index (κ1) is 14.3. The third kappa shape index (κ3) is 4.84. The molecule has 2 heterocycles. The number of β-amino-alcohol motifs (C(OH)–C–C–N with tert-alkyl or cyclic N) is 1. The third-order valence-electron chi connectivity index (χ3n) is 3.69. The summed E-state index contributed by atoms with van der Waals surface area (Å²) in [6.07, 6.45) is 5.19. The van der Waals surface area contributed by atoms with Crippen LogP contribution in [0.2, 0.25) is 0 Å². The van der Waals surface area contributed by atoms with Crippen molar-refractivity contribution in [2.45, 2.75) is 57.3 Å². The van der Waals surface area contributed by atoms with E-state index in [1.807, 2.05) is 13.8 Å². The molecule has 0 spiro atoms. The molecule has 18 heavy (non-hydrogen) atoms. The van der Waals surface area contributed by atoms with Crippen LogP contribution < -0.4 is 0 Å². The Morgan fingerprint density at radius 2 is 2.00 bits per heavy atom. The Bertz CT molecular complexity index is 238. The molecule has 2 fully saturated rings. The van der Waals surface area contributed by atoms with E-state index in [-0.39, 0.29) is 0 Å². The van der Waals surface area contributed by atoms with Gasteiger partial charge in [-0.05, 0) is 39.5 Å². The van der Waals surface area contributed by atoms with Crippen molar-refractivity contribution >= 4 is 0 Å². The van der Waals surface area contributed by atoms with Crippen LogP contribution >= 0.6 is 0 Å². The van der Waals surface area contributed by atoms with Crippen molar-refractivity contribution in [2.75, 3.05) is 32.8 Å². The molecule has 2 aliphatic rings. The van der Waals surface area contributed by atoms with E-state index < -0.39 is 5.60 Å². The molecule has 2 rings (SSSR count). The van der Waals surface area contributed by atoms with Gasteiger partial charge < -0.3 is 19.5 Å². The van der Waals surface area contributed by atoms with Gasteiger partial charge in [-0.1, -0.05) is 0 Å². The molecule has 1 atom stereocenters. The Labute approximate surface area is 110 Å². The van der Waals surface area contributed by atoms with Crippen LogP contribution in [0.4, 0.5) is 0 Å². The number of nitrogens with zero attached hydrogens (tertiary/aromatic N) is 1. The first-order valence-electron chi connectivity index (χ1n) is 7.21. The van der Waals surface area contributed by atoms with Gasteiger partial charge in [-0.2, -0.15) is 0 Å². The lowest BCUT2D eigenvalue weighted by atomic mass is 10.0. The molecule has 0 radical (unpaired) electrons. The van der Waals surface area contributed by atoms with Crippen molar-refractivity contribution in [1.29, 1.82) is 0 Å². The molecule has 4 nitrogen and oxygen atoms in total. The van der Waals surface area contributed by atoms with Crippen LogP contribution in [0.1, 0.15) is 39.5 Å². The molecule has 0 saturated carbocycles. The number of piperidine rings is 1. The highest BCUT2D eigenvalue weighted by Crippen LogP contribution is 2.18. The van der Waals surface area contributed by atoms with Crippen molar-refractivity contribution in [3.05, 3.63) is 0 Å². The summed E-state index contributed by atoms with van der Waals surface area (Å²) in [6, 6.07) is 0. The van der Waals surface area contributed by atoms with Crippen LogP contribution in [0.25, 0.3) is 0 Å². The van der Waals surface area contributed by atoms with Gasteiger partial charge in [0.1, 0.15) is 0 Å². The largest absolute Gasteiger partial charge is 0.389 e. The van der Waals surface area contributed by atoms with Crippen LogP contribution in [0.5, 0.6) is 0 Å². The molecule has 2 saturated heterocycles. The van der Waals surface area contributed by atoms with Gasteiger partial charge in [-0.25, -0.2) is 0 Å². The molecule has 1 N–H and O–H groups in total. The minimum absolute atomic E-state index is 0.333. The SMILES string of the molecule is CC(C)(O)CN1CCC(OCC2CCCO2)CC1. The van der Waals surface area contributed by atoms with Gasteiger partial charge in [0, 0.05) is 26.2 Å². The molecular weight excluding hydrogens is 230 g/mol. The average Bonchev–Trinajstić information content (AvgIpc) is 2.79. The van der Waals surface area contributed by atoms with Gasteiger partial charge in [-0.15, -0.1) is 0 Å². The van der Waals surface area contributed by atoms with Crippen LogP contribution in [0, 0.1) is 0 Å². The Hall–Kier alpha value is -0.160. The van der Waals surface area contributed by atoms with E-state index in [1.54, 1.807) is 0 Å². The van der Waals surface area contributed by atoms with E-state index in [0.29, 0.717) is 12.2 Å². The maximum Gasteiger partial charge on any atom is 0.0809 e. The lowest BCUT2D eigenvalue weighted by molar-refractivity contribution is -0.0505. The molecule has 4 heteroatoms. The van der Waals surface area contributed by atoms with Crippen molar-refractivity contribution in [3.63, 3.8) is 0 Å². The summed E-state index contributed by atoms with van der Waals surface area (Å²) in [5.41, 5.74) is -0.592. The average molecular weight is 257 g/mol. The maximum absolute atomic E-state index is 9.79. The summed E-state index contributed by atoms with van der Waals surface area (Å²) in [5.74, 6) is 0. The molecule has 0 bridgehead atoms. The second-order valence-corrected chi connectivity index (χ2v) is 6.26. The first-order valence-corrected chi connectivity index (χ1v) is 7.21. The fourth-order valence-corrected chi connectivity index (χ4v) is 2.80. The van der Waals surface area contributed by atoms with Gasteiger partial charge in [-0.3, -0.25) is 0 Å². The normalized spacial score (nSPS) is 27.8. The fraction of sp³-hybridized carbons (Fsp3) is 1.00. The Morgan fingerprint density at radius 1 is 1.28 bits per heavy atom. The Balaban J connectivity index is 1.61. The van der Waals surface area contributed by atoms with Gasteiger partial charge in [0.25, 0.3) is 0 Å². The molecular formula is C14H27NO3. The lowest BCUT2D eigenvalue weighted by Gasteiger charge is -2.35. The van der Waals surface area contributed by atoms with E-state index >= 15 is 0 Å². The zero-order valence-electron chi connectivity index (χ0n) is 11.7. The maximum atomic E-state index is 9.79. The molecule has 0 amide bonds. The molecule has 2 aliphatic heterocycles. The topological polar surface area (TPSA) is 41.9 Å². The summed E-state index contributed by atoms with van der Waals surface area (Å²) in [4.78, 5) is 2.33. The summed E-state index contributed by atoms with van der Waals surface area (Å²) >= 11 is 0. The van der Waals surface area contributed by atoms with E-state index in [1.165, 1.54) is 6.42 Å². The van der Waals surface area contributed by atoms with Crippen molar-refractivity contribution in [2.24, 2.45) is 0 Å². The van der Waals surface area contributed by atoms with Gasteiger partial charge in [0.05, 0.1) is 24.4 Å². The Kier molecular flexibility index (Phi) is 5.01. The second kappa shape index (κ2) is 6.33. The standard InChI is InChI=1S/C14H27NO3/c1-14(2,16)11-15-7-5-12(6-8-15)18-10-13-4-3-9-17-13/h12-13,16H,3-11H2,1-2H3. The predicted molar refractivity (Wildman–Crippen MR) is 70.7 cm³/mol. The van der Waals surface area contributed by atoms with Crippen molar-refractivity contribution in [1.82, 2.24) is 4.90 Å². The molecule has 0 aromatic rings. The van der Waals surface area contributed by atoms with Gasteiger partial charge in [0.15, 0.2) is 0 Å². The summed E-state index contributed by atoms with van der Waals surface area (Å²) < 4.78 is 11.5. The van der Waals surface area contributed by atoms with Gasteiger partial charge >= 0.3 is 0 Å². The molecule has 106 valence electrons. The molecule has 0 aromatic heterocycles. The number of likely N-dealkylation sites (tertiary alicyclic amines) is 1. The van der Waals surface area contributed by atoms with E-state index in [0.717, 1.165) is 52.1 Å². The highest BCUT2D eigenvalue weighted by Gasteiger charge is 2.25. The number of ether oxygens (including phenoxy) is 2. The van der Waals surface area contributed by atoms with Crippen molar-refractivity contribution in [3.8, 4) is 0 Å². The fourth-order valence-electron chi connectivity index (χ4n) is 2.80. The number of aliphatic hydroxyl groups is 1. The zero-order valence-corrected chi connectivity index (χ0v) is 11.7. The molecule has 1 unspecified atom stereocenters. The van der Waals surface area contributed by atoms with E-state index in [2.05, 4.69) is 4.90 Å². The van der Waals surface area contributed by atoms with Crippen molar-refractivity contribution < 1.29 is 14.6 Å². The minimum atomic E-state index is -0.592. The number of hydrogen-bond donors (Lipinski definition) is 1. The smallest absolute Gasteiger partial charge is 0.0809 e. The van der Waals surface area contributed by atoms with E-state index in [9.17, 15) is 5.11 Å². The number of hydrogen-bond acceptors (Lipinski definition) is 4. The lowest BCUT2D eigenvalue weighted by Crippen LogP contribution is -2.44.